The van der Waals surface area contributed by atoms with Crippen LogP contribution in [0.4, 0.5) is 0 Å². The summed E-state index contributed by atoms with van der Waals surface area (Å²) in [5, 5.41) is 10.4. The smallest absolute Gasteiger partial charge is 0.312 e. The molecule has 0 saturated heterocycles. The Labute approximate surface area is 138 Å². The fraction of sp³-hybridized carbons (Fsp3) is 0.158. The van der Waals surface area contributed by atoms with Gasteiger partial charge < -0.3 is 14.4 Å². The van der Waals surface area contributed by atoms with E-state index < -0.39 is 11.9 Å². The monoisotopic (exact) mass is 321 g/mol. The first-order valence-corrected chi connectivity index (χ1v) is 7.72. The van der Waals surface area contributed by atoms with Gasteiger partial charge in [-0.2, -0.15) is 0 Å². The number of carbonyl (C=O) groups is 2. The van der Waals surface area contributed by atoms with Gasteiger partial charge in [-0.15, -0.1) is 0 Å². The summed E-state index contributed by atoms with van der Waals surface area (Å²) in [5.74, 6) is -1.69. The molecular formula is C19H15NO4. The first-order chi connectivity index (χ1) is 11.6. The molecule has 0 bridgehead atoms. The van der Waals surface area contributed by atoms with E-state index in [-0.39, 0.29) is 18.2 Å². The number of fused-ring (bicyclic) bond motifs is 2. The average Bonchev–Trinajstić information content (AvgIpc) is 3.04. The lowest BCUT2D eigenvalue weighted by atomic mass is 9.89. The molecule has 1 amide bonds. The number of aliphatic carboxylic acids is 1. The van der Waals surface area contributed by atoms with Gasteiger partial charge in [0.1, 0.15) is 5.58 Å². The van der Waals surface area contributed by atoms with E-state index in [2.05, 4.69) is 0 Å². The van der Waals surface area contributed by atoms with E-state index in [0.717, 1.165) is 16.5 Å². The maximum Gasteiger partial charge on any atom is 0.312 e. The topological polar surface area (TPSA) is 70.8 Å². The number of hydrogen-bond acceptors (Lipinski definition) is 3. The SMILES string of the molecule is O=C(O)C1CN(C(=O)c2cc3ccccc3o2)Cc2ccccc21. The van der Waals surface area contributed by atoms with Crippen LogP contribution in [0, 0.1) is 0 Å². The largest absolute Gasteiger partial charge is 0.481 e. The second kappa shape index (κ2) is 5.53. The molecule has 1 aliphatic rings. The third-order valence-corrected chi connectivity index (χ3v) is 4.42. The summed E-state index contributed by atoms with van der Waals surface area (Å²) in [5.41, 5.74) is 2.28. The van der Waals surface area contributed by atoms with Gasteiger partial charge in [-0.1, -0.05) is 42.5 Å². The summed E-state index contributed by atoms with van der Waals surface area (Å²) >= 11 is 0. The molecule has 1 aliphatic heterocycles. The second-order valence-corrected chi connectivity index (χ2v) is 5.92. The van der Waals surface area contributed by atoms with Crippen molar-refractivity contribution in [3.63, 3.8) is 0 Å². The van der Waals surface area contributed by atoms with Gasteiger partial charge in [0, 0.05) is 18.5 Å². The molecule has 0 saturated carbocycles. The molecular weight excluding hydrogens is 306 g/mol. The van der Waals surface area contributed by atoms with Crippen molar-refractivity contribution < 1.29 is 19.1 Å². The van der Waals surface area contributed by atoms with Gasteiger partial charge in [0.2, 0.25) is 0 Å². The highest BCUT2D eigenvalue weighted by molar-refractivity contribution is 5.96. The Morgan fingerprint density at radius 1 is 1.08 bits per heavy atom. The lowest BCUT2D eigenvalue weighted by Crippen LogP contribution is -2.40. The van der Waals surface area contributed by atoms with Gasteiger partial charge in [-0.05, 0) is 23.3 Å². The van der Waals surface area contributed by atoms with Crippen molar-refractivity contribution >= 4 is 22.8 Å². The predicted octanol–water partition coefficient (Wildman–Crippen LogP) is 3.26. The number of benzene rings is 2. The van der Waals surface area contributed by atoms with Gasteiger partial charge in [-0.25, -0.2) is 0 Å². The van der Waals surface area contributed by atoms with E-state index in [9.17, 15) is 14.7 Å². The van der Waals surface area contributed by atoms with Crippen LogP contribution in [0.1, 0.15) is 27.6 Å². The number of carboxylic acid groups (broad SMARTS) is 1. The number of nitrogens with zero attached hydrogens (tertiary/aromatic N) is 1. The van der Waals surface area contributed by atoms with Gasteiger partial charge in [0.05, 0.1) is 5.92 Å². The highest BCUT2D eigenvalue weighted by Crippen LogP contribution is 2.30. The Morgan fingerprint density at radius 3 is 2.62 bits per heavy atom. The van der Waals surface area contributed by atoms with E-state index in [1.54, 1.807) is 17.0 Å². The zero-order chi connectivity index (χ0) is 16.7. The number of hydrogen-bond donors (Lipinski definition) is 1. The molecule has 2 aromatic carbocycles. The van der Waals surface area contributed by atoms with Crippen molar-refractivity contribution in [2.75, 3.05) is 6.54 Å². The molecule has 24 heavy (non-hydrogen) atoms. The zero-order valence-electron chi connectivity index (χ0n) is 12.8. The van der Waals surface area contributed by atoms with Crippen LogP contribution in [0.5, 0.6) is 0 Å². The molecule has 0 aliphatic carbocycles. The summed E-state index contributed by atoms with van der Waals surface area (Å²) in [7, 11) is 0. The van der Waals surface area contributed by atoms with Gasteiger partial charge in [0.15, 0.2) is 5.76 Å². The van der Waals surface area contributed by atoms with Crippen LogP contribution < -0.4 is 0 Å². The second-order valence-electron chi connectivity index (χ2n) is 5.92. The molecule has 5 nitrogen and oxygen atoms in total. The molecule has 3 aromatic rings. The Balaban J connectivity index is 1.69. The molecule has 5 heteroatoms. The van der Waals surface area contributed by atoms with Crippen LogP contribution in [0.25, 0.3) is 11.0 Å². The molecule has 1 N–H and O–H groups in total. The van der Waals surface area contributed by atoms with E-state index in [4.69, 9.17) is 4.42 Å². The summed E-state index contributed by atoms with van der Waals surface area (Å²) < 4.78 is 5.63. The van der Waals surface area contributed by atoms with Crippen LogP contribution in [0.2, 0.25) is 0 Å². The third-order valence-electron chi connectivity index (χ3n) is 4.42. The first-order valence-electron chi connectivity index (χ1n) is 7.72. The number of para-hydroxylation sites is 1. The minimum Gasteiger partial charge on any atom is -0.481 e. The number of furan rings is 1. The summed E-state index contributed by atoms with van der Waals surface area (Å²) in [6.45, 7) is 0.526. The first kappa shape index (κ1) is 14.5. The molecule has 1 aromatic heterocycles. The van der Waals surface area contributed by atoms with Crippen LogP contribution in [-0.4, -0.2) is 28.4 Å². The van der Waals surface area contributed by atoms with E-state index in [1.165, 1.54) is 0 Å². The minimum atomic E-state index is -0.926. The third kappa shape index (κ3) is 2.34. The van der Waals surface area contributed by atoms with Crippen molar-refractivity contribution in [3.05, 3.63) is 71.5 Å². The van der Waals surface area contributed by atoms with E-state index in [0.29, 0.717) is 12.1 Å². The Hall–Kier alpha value is -3.08. The Morgan fingerprint density at radius 2 is 1.83 bits per heavy atom. The van der Waals surface area contributed by atoms with Crippen LogP contribution in [0.3, 0.4) is 0 Å². The van der Waals surface area contributed by atoms with Crippen molar-refractivity contribution in [1.82, 2.24) is 4.90 Å². The molecule has 0 fully saturated rings. The molecule has 1 atom stereocenters. The highest BCUT2D eigenvalue weighted by Gasteiger charge is 2.33. The van der Waals surface area contributed by atoms with Crippen LogP contribution >= 0.6 is 0 Å². The van der Waals surface area contributed by atoms with E-state index >= 15 is 0 Å². The Kier molecular flexibility index (Phi) is 3.34. The van der Waals surface area contributed by atoms with Crippen molar-refractivity contribution in [1.29, 1.82) is 0 Å². The zero-order valence-corrected chi connectivity index (χ0v) is 12.8. The molecule has 1 unspecified atom stereocenters. The molecule has 0 spiro atoms. The van der Waals surface area contributed by atoms with Crippen molar-refractivity contribution in [2.45, 2.75) is 12.5 Å². The molecule has 2 heterocycles. The number of carboxylic acids is 1. The number of carbonyl (C=O) groups excluding carboxylic acids is 1. The lowest BCUT2D eigenvalue weighted by molar-refractivity contribution is -0.139. The highest BCUT2D eigenvalue weighted by atomic mass is 16.4. The Bertz CT molecular complexity index is 910. The molecule has 120 valence electrons. The van der Waals surface area contributed by atoms with Crippen LogP contribution in [0.15, 0.2) is 59.0 Å². The number of rotatable bonds is 2. The van der Waals surface area contributed by atoms with Gasteiger partial charge in [0.25, 0.3) is 5.91 Å². The summed E-state index contributed by atoms with van der Waals surface area (Å²) in [6.07, 6.45) is 0. The predicted molar refractivity (Wildman–Crippen MR) is 87.8 cm³/mol. The number of amides is 1. The standard InChI is InChI=1S/C19H15NO4/c21-18(17-9-12-5-2-4-8-16(12)24-17)20-10-13-6-1-3-7-14(13)15(11-20)19(22)23/h1-9,15H,10-11H2,(H,22,23). The maximum atomic E-state index is 12.8. The molecule has 0 radical (unpaired) electrons. The van der Waals surface area contributed by atoms with E-state index in [1.807, 2.05) is 42.5 Å². The quantitative estimate of drug-likeness (QED) is 0.786. The van der Waals surface area contributed by atoms with Crippen LogP contribution in [-0.2, 0) is 11.3 Å². The summed E-state index contributed by atoms with van der Waals surface area (Å²) in [4.78, 5) is 25.9. The summed E-state index contributed by atoms with van der Waals surface area (Å²) in [6, 6.07) is 16.5. The average molecular weight is 321 g/mol. The van der Waals surface area contributed by atoms with Gasteiger partial charge in [-0.3, -0.25) is 9.59 Å². The fourth-order valence-corrected chi connectivity index (χ4v) is 3.22. The normalized spacial score (nSPS) is 16.8. The van der Waals surface area contributed by atoms with Gasteiger partial charge >= 0.3 is 5.97 Å². The maximum absolute atomic E-state index is 12.8. The fourth-order valence-electron chi connectivity index (χ4n) is 3.22. The molecule has 4 rings (SSSR count). The van der Waals surface area contributed by atoms with Crippen molar-refractivity contribution in [2.24, 2.45) is 0 Å². The lowest BCUT2D eigenvalue weighted by Gasteiger charge is -2.32. The van der Waals surface area contributed by atoms with Crippen molar-refractivity contribution in [3.8, 4) is 0 Å². The minimum absolute atomic E-state index is 0.141.